The van der Waals surface area contributed by atoms with E-state index in [-0.39, 0.29) is 23.7 Å². The van der Waals surface area contributed by atoms with Gasteiger partial charge in [0.05, 0.1) is 5.69 Å². The van der Waals surface area contributed by atoms with E-state index in [9.17, 15) is 13.6 Å². The highest BCUT2D eigenvalue weighted by atomic mass is 32.1. The minimum absolute atomic E-state index is 0.0446. The summed E-state index contributed by atoms with van der Waals surface area (Å²) in [6.07, 6.45) is -0.317. The van der Waals surface area contributed by atoms with E-state index in [0.717, 1.165) is 23.7 Å². The van der Waals surface area contributed by atoms with Crippen LogP contribution in [0.25, 0.3) is 0 Å². The fourth-order valence-corrected chi connectivity index (χ4v) is 2.47. The van der Waals surface area contributed by atoms with Gasteiger partial charge in [-0.1, -0.05) is 24.4 Å². The maximum Gasteiger partial charge on any atom is 0.180 e. The van der Waals surface area contributed by atoms with Crippen LogP contribution in [0.4, 0.5) is 8.78 Å². The molecule has 0 spiro atoms. The van der Waals surface area contributed by atoms with E-state index in [4.69, 9.17) is 0 Å². The van der Waals surface area contributed by atoms with E-state index < -0.39 is 11.6 Å². The fraction of sp³-hybridized carbons (Fsp3) is 0.308. The van der Waals surface area contributed by atoms with Crippen molar-refractivity contribution < 1.29 is 13.6 Å². The molecule has 6 heteroatoms. The summed E-state index contributed by atoms with van der Waals surface area (Å²) in [5, 5.41) is 3.88. The van der Waals surface area contributed by atoms with Crippen LogP contribution in [0.2, 0.25) is 0 Å². The van der Waals surface area contributed by atoms with Gasteiger partial charge in [-0.05, 0) is 29.6 Å². The van der Waals surface area contributed by atoms with Gasteiger partial charge in [-0.2, -0.15) is 0 Å². The van der Waals surface area contributed by atoms with Gasteiger partial charge >= 0.3 is 0 Å². The Morgan fingerprint density at radius 3 is 2.53 bits per heavy atom. The second-order valence-electron chi connectivity index (χ2n) is 4.44. The van der Waals surface area contributed by atoms with Crippen LogP contribution in [0.1, 0.15) is 40.7 Å². The average molecular weight is 282 g/mol. The number of hydrogen-bond acceptors (Lipinski definition) is 4. The smallest absolute Gasteiger partial charge is 0.180 e. The van der Waals surface area contributed by atoms with Crippen LogP contribution in [0, 0.1) is 11.6 Å². The maximum absolute atomic E-state index is 13.5. The summed E-state index contributed by atoms with van der Waals surface area (Å²) >= 11 is 0.961. The van der Waals surface area contributed by atoms with Gasteiger partial charge in [0.15, 0.2) is 5.78 Å². The Labute approximate surface area is 113 Å². The van der Waals surface area contributed by atoms with Crippen molar-refractivity contribution >= 4 is 17.3 Å². The normalized spacial score (nSPS) is 11.0. The van der Waals surface area contributed by atoms with Crippen LogP contribution < -0.4 is 0 Å². The van der Waals surface area contributed by atoms with Gasteiger partial charge in [0.25, 0.3) is 0 Å². The zero-order valence-electron chi connectivity index (χ0n) is 10.5. The third-order valence-electron chi connectivity index (χ3n) is 2.71. The number of halogens is 2. The molecule has 100 valence electrons. The van der Waals surface area contributed by atoms with E-state index in [1.165, 1.54) is 6.07 Å². The number of benzene rings is 1. The molecule has 0 fully saturated rings. The lowest BCUT2D eigenvalue weighted by Gasteiger charge is -2.05. The van der Waals surface area contributed by atoms with Gasteiger partial charge in [-0.15, -0.1) is 5.10 Å². The molecular weight excluding hydrogens is 270 g/mol. The molecule has 2 rings (SSSR count). The monoisotopic (exact) mass is 282 g/mol. The topological polar surface area (TPSA) is 42.9 Å². The lowest BCUT2D eigenvalue weighted by molar-refractivity contribution is 0.0993. The third kappa shape index (κ3) is 2.84. The van der Waals surface area contributed by atoms with Gasteiger partial charge in [-0.3, -0.25) is 4.79 Å². The van der Waals surface area contributed by atoms with Crippen molar-refractivity contribution in [2.75, 3.05) is 0 Å². The van der Waals surface area contributed by atoms with Gasteiger partial charge in [0.2, 0.25) is 0 Å². The molecule has 0 atom stereocenters. The van der Waals surface area contributed by atoms with E-state index in [1.807, 2.05) is 13.8 Å². The van der Waals surface area contributed by atoms with Crippen LogP contribution in [0.5, 0.6) is 0 Å². The molecule has 0 radical (unpaired) electrons. The molecule has 1 aromatic carbocycles. The number of carbonyl (C=O) groups is 1. The number of rotatable bonds is 4. The second kappa shape index (κ2) is 5.52. The van der Waals surface area contributed by atoms with Crippen molar-refractivity contribution in [3.05, 3.63) is 46.0 Å². The Kier molecular flexibility index (Phi) is 3.99. The van der Waals surface area contributed by atoms with Crippen molar-refractivity contribution in [1.82, 2.24) is 9.59 Å². The maximum atomic E-state index is 13.5. The standard InChI is InChI=1S/C13H12F2N2OS/c1-7(2)12-13(19-17-16-12)11(18)6-8-9(14)4-3-5-10(8)15/h3-5,7H,6H2,1-2H3. The Bertz CT molecular complexity index is 590. The zero-order chi connectivity index (χ0) is 14.0. The van der Waals surface area contributed by atoms with Crippen LogP contribution in [-0.2, 0) is 6.42 Å². The Hall–Kier alpha value is -1.69. The minimum Gasteiger partial charge on any atom is -0.293 e. The van der Waals surface area contributed by atoms with Gasteiger partial charge in [0.1, 0.15) is 16.5 Å². The molecule has 0 saturated carbocycles. The predicted molar refractivity (Wildman–Crippen MR) is 68.4 cm³/mol. The van der Waals surface area contributed by atoms with Crippen molar-refractivity contribution in [2.45, 2.75) is 26.2 Å². The van der Waals surface area contributed by atoms with Crippen LogP contribution >= 0.6 is 11.5 Å². The highest BCUT2D eigenvalue weighted by Gasteiger charge is 2.21. The number of hydrogen-bond donors (Lipinski definition) is 0. The number of Topliss-reactive ketones (excluding diaryl/α,β-unsaturated/α-hetero) is 1. The Morgan fingerprint density at radius 2 is 1.95 bits per heavy atom. The highest BCUT2D eigenvalue weighted by Crippen LogP contribution is 2.22. The van der Waals surface area contributed by atoms with E-state index in [2.05, 4.69) is 9.59 Å². The first kappa shape index (κ1) is 13.7. The van der Waals surface area contributed by atoms with Gasteiger partial charge < -0.3 is 0 Å². The quantitative estimate of drug-likeness (QED) is 0.807. The number of carbonyl (C=O) groups excluding carboxylic acids is 1. The summed E-state index contributed by atoms with van der Waals surface area (Å²) in [4.78, 5) is 12.5. The molecule has 0 aliphatic carbocycles. The predicted octanol–water partition coefficient (Wildman–Crippen LogP) is 3.37. The first-order valence-electron chi connectivity index (χ1n) is 5.79. The van der Waals surface area contributed by atoms with Crippen LogP contribution in [-0.4, -0.2) is 15.4 Å². The van der Waals surface area contributed by atoms with E-state index in [1.54, 1.807) is 0 Å². The fourth-order valence-electron chi connectivity index (χ4n) is 1.71. The summed E-state index contributed by atoms with van der Waals surface area (Å²) < 4.78 is 30.7. The number of aromatic nitrogens is 2. The molecule has 3 nitrogen and oxygen atoms in total. The third-order valence-corrected chi connectivity index (χ3v) is 3.50. The van der Waals surface area contributed by atoms with E-state index >= 15 is 0 Å². The molecule has 0 amide bonds. The van der Waals surface area contributed by atoms with Crippen LogP contribution in [0.3, 0.4) is 0 Å². The average Bonchev–Trinajstić information content (AvgIpc) is 2.83. The summed E-state index contributed by atoms with van der Waals surface area (Å²) in [7, 11) is 0. The molecule has 0 unspecified atom stereocenters. The first-order valence-corrected chi connectivity index (χ1v) is 6.56. The Balaban J connectivity index is 2.29. The van der Waals surface area contributed by atoms with Crippen molar-refractivity contribution in [2.24, 2.45) is 0 Å². The summed E-state index contributed by atoms with van der Waals surface area (Å²) in [6.45, 7) is 3.77. The Morgan fingerprint density at radius 1 is 1.32 bits per heavy atom. The molecule has 0 saturated heterocycles. The molecule has 1 aromatic heterocycles. The molecule has 0 aliphatic heterocycles. The second-order valence-corrected chi connectivity index (χ2v) is 5.20. The molecule has 1 heterocycles. The lowest BCUT2D eigenvalue weighted by atomic mass is 10.0. The molecule has 0 bridgehead atoms. The zero-order valence-corrected chi connectivity index (χ0v) is 11.3. The van der Waals surface area contributed by atoms with Gasteiger partial charge in [-0.25, -0.2) is 8.78 Å². The van der Waals surface area contributed by atoms with Crippen molar-refractivity contribution in [1.29, 1.82) is 0 Å². The largest absolute Gasteiger partial charge is 0.293 e. The SMILES string of the molecule is CC(C)c1nnsc1C(=O)Cc1c(F)cccc1F. The minimum atomic E-state index is -0.711. The van der Waals surface area contributed by atoms with Crippen molar-refractivity contribution in [3.8, 4) is 0 Å². The highest BCUT2D eigenvalue weighted by molar-refractivity contribution is 7.08. The first-order chi connectivity index (χ1) is 9.00. The van der Waals surface area contributed by atoms with Crippen molar-refractivity contribution in [3.63, 3.8) is 0 Å². The molecule has 2 aromatic rings. The van der Waals surface area contributed by atoms with Crippen LogP contribution in [0.15, 0.2) is 18.2 Å². The number of ketones is 1. The molecule has 0 N–H and O–H groups in total. The molecule has 19 heavy (non-hydrogen) atoms. The number of nitrogens with zero attached hydrogens (tertiary/aromatic N) is 2. The summed E-state index contributed by atoms with van der Waals surface area (Å²) in [5.41, 5.74) is 0.363. The summed E-state index contributed by atoms with van der Waals surface area (Å²) in [5.74, 6) is -1.74. The summed E-state index contributed by atoms with van der Waals surface area (Å²) in [6, 6.07) is 3.55. The molecular formula is C13H12F2N2OS. The van der Waals surface area contributed by atoms with Gasteiger partial charge in [0, 0.05) is 12.0 Å². The molecule has 0 aliphatic rings. The lowest BCUT2D eigenvalue weighted by Crippen LogP contribution is -2.08. The van der Waals surface area contributed by atoms with E-state index in [0.29, 0.717) is 10.6 Å².